The third-order valence-electron chi connectivity index (χ3n) is 7.95. The molecule has 2 aliphatic rings. The Kier molecular flexibility index (Phi) is 8.60. The zero-order valence-corrected chi connectivity index (χ0v) is 22.4. The van der Waals surface area contributed by atoms with Crippen molar-refractivity contribution in [1.29, 1.82) is 0 Å². The van der Waals surface area contributed by atoms with Crippen molar-refractivity contribution in [3.05, 3.63) is 53.6 Å². The highest BCUT2D eigenvalue weighted by molar-refractivity contribution is 5.81. The number of carbonyl (C=O) groups is 2. The van der Waals surface area contributed by atoms with E-state index in [0.29, 0.717) is 44.7 Å². The van der Waals surface area contributed by atoms with E-state index in [0.717, 1.165) is 35.1 Å². The van der Waals surface area contributed by atoms with Gasteiger partial charge in [-0.15, -0.1) is 0 Å². The van der Waals surface area contributed by atoms with Crippen LogP contribution < -0.4 is 16.8 Å². The Labute approximate surface area is 224 Å². The highest BCUT2D eigenvalue weighted by Gasteiger charge is 2.44. The molecular weight excluding hydrogens is 482 g/mol. The summed E-state index contributed by atoms with van der Waals surface area (Å²) in [6, 6.07) is 13.1. The number of aliphatic hydroxyl groups is 2. The number of aryl methyl sites for hydroxylation is 1. The number of hydrogen-bond acceptors (Lipinski definition) is 6. The summed E-state index contributed by atoms with van der Waals surface area (Å²) in [7, 11) is 0. The standard InChI is InChI=1S/C29H41N5O4/c1-19-7-3-8-21(15-19)27-23(10-4-11-24(27)30)29(38,12-6-13-32-20(2)35)22-9-5-14-33(16-22)28(37)34-17-25(31)26(36)18-34/h3-4,7-8,10-11,15,22,25-26,36,38H,5-6,9,12-14,16-18,30-31H2,1-2H3,(H,32,35)/t22-,25-,26+,29+/m1/s1. The average molecular weight is 524 g/mol. The highest BCUT2D eigenvalue weighted by Crippen LogP contribution is 2.45. The van der Waals surface area contributed by atoms with Crippen molar-refractivity contribution in [1.82, 2.24) is 15.1 Å². The van der Waals surface area contributed by atoms with Gasteiger partial charge < -0.3 is 36.8 Å². The normalized spacial score (nSPS) is 23.2. The monoisotopic (exact) mass is 523 g/mol. The van der Waals surface area contributed by atoms with Crippen LogP contribution in [-0.2, 0) is 10.4 Å². The number of likely N-dealkylation sites (tertiary alicyclic amines) is 2. The summed E-state index contributed by atoms with van der Waals surface area (Å²) < 4.78 is 0. The van der Waals surface area contributed by atoms with Gasteiger partial charge in [0, 0.05) is 62.9 Å². The summed E-state index contributed by atoms with van der Waals surface area (Å²) in [6.45, 7) is 5.43. The number of β-amino-alcohol motifs (C(OH)–C–C–N with tert-alkyl or cyclic N) is 1. The number of piperidine rings is 1. The molecule has 7 N–H and O–H groups in total. The molecule has 0 spiro atoms. The molecule has 0 aromatic heterocycles. The quantitative estimate of drug-likeness (QED) is 0.278. The van der Waals surface area contributed by atoms with E-state index in [2.05, 4.69) is 11.4 Å². The number of urea groups is 1. The number of hydrogen-bond donors (Lipinski definition) is 5. The lowest BCUT2D eigenvalue weighted by atomic mass is 9.72. The lowest BCUT2D eigenvalue weighted by molar-refractivity contribution is -0.119. The van der Waals surface area contributed by atoms with E-state index in [1.807, 2.05) is 43.3 Å². The SMILES string of the molecule is CC(=O)NCCC[C@@](O)(c1cccc(N)c1-c1cccc(C)c1)[C@@H]1CCCN(C(=O)N2C[C@@H](N)[C@@H](O)C2)C1. The fourth-order valence-electron chi connectivity index (χ4n) is 5.94. The molecule has 2 heterocycles. The molecule has 2 fully saturated rings. The van der Waals surface area contributed by atoms with E-state index in [-0.39, 0.29) is 24.4 Å². The first-order valence-electron chi connectivity index (χ1n) is 13.5. The molecule has 0 saturated carbocycles. The molecule has 0 unspecified atom stereocenters. The summed E-state index contributed by atoms with van der Waals surface area (Å²) >= 11 is 0. The van der Waals surface area contributed by atoms with Gasteiger partial charge in [-0.2, -0.15) is 0 Å². The van der Waals surface area contributed by atoms with Crippen molar-refractivity contribution >= 4 is 17.6 Å². The van der Waals surface area contributed by atoms with Crippen LogP contribution in [0.25, 0.3) is 11.1 Å². The minimum atomic E-state index is -1.28. The number of rotatable bonds is 7. The van der Waals surface area contributed by atoms with Crippen LogP contribution in [-0.4, -0.2) is 76.8 Å². The van der Waals surface area contributed by atoms with Gasteiger partial charge in [0.1, 0.15) is 0 Å². The molecule has 2 aromatic carbocycles. The van der Waals surface area contributed by atoms with Gasteiger partial charge in [-0.1, -0.05) is 42.0 Å². The van der Waals surface area contributed by atoms with Gasteiger partial charge in [0.25, 0.3) is 0 Å². The van der Waals surface area contributed by atoms with E-state index >= 15 is 0 Å². The zero-order chi connectivity index (χ0) is 27.4. The Hall–Kier alpha value is -3.14. The van der Waals surface area contributed by atoms with Crippen molar-refractivity contribution in [3.63, 3.8) is 0 Å². The number of benzene rings is 2. The zero-order valence-electron chi connectivity index (χ0n) is 22.4. The van der Waals surface area contributed by atoms with Crippen molar-refractivity contribution in [3.8, 4) is 11.1 Å². The summed E-state index contributed by atoms with van der Waals surface area (Å²) in [4.78, 5) is 28.2. The first kappa shape index (κ1) is 27.9. The number of anilines is 1. The van der Waals surface area contributed by atoms with Crippen LogP contribution in [0, 0.1) is 12.8 Å². The minimum Gasteiger partial charge on any atom is -0.398 e. The molecule has 38 heavy (non-hydrogen) atoms. The molecule has 9 nitrogen and oxygen atoms in total. The van der Waals surface area contributed by atoms with Crippen LogP contribution in [0.3, 0.4) is 0 Å². The number of carbonyl (C=O) groups excluding carboxylic acids is 2. The minimum absolute atomic E-state index is 0.113. The van der Waals surface area contributed by atoms with Crippen LogP contribution in [0.4, 0.5) is 10.5 Å². The van der Waals surface area contributed by atoms with Crippen molar-refractivity contribution in [2.45, 2.75) is 57.3 Å². The maximum Gasteiger partial charge on any atom is 0.320 e. The van der Waals surface area contributed by atoms with E-state index in [1.165, 1.54) is 6.92 Å². The molecule has 2 aromatic rings. The number of aliphatic hydroxyl groups excluding tert-OH is 1. The van der Waals surface area contributed by atoms with Crippen molar-refractivity contribution < 1.29 is 19.8 Å². The Morgan fingerprint density at radius 1 is 1.13 bits per heavy atom. The maximum atomic E-state index is 13.4. The number of nitrogens with two attached hydrogens (primary N) is 2. The lowest BCUT2D eigenvalue weighted by Crippen LogP contribution is -2.52. The predicted octanol–water partition coefficient (Wildman–Crippen LogP) is 2.18. The second-order valence-electron chi connectivity index (χ2n) is 10.9. The maximum absolute atomic E-state index is 13.4. The van der Waals surface area contributed by atoms with Crippen LogP contribution >= 0.6 is 0 Å². The third-order valence-corrected chi connectivity index (χ3v) is 7.95. The first-order chi connectivity index (χ1) is 18.1. The van der Waals surface area contributed by atoms with Gasteiger partial charge >= 0.3 is 6.03 Å². The Morgan fingerprint density at radius 2 is 1.89 bits per heavy atom. The topological polar surface area (TPSA) is 145 Å². The summed E-state index contributed by atoms with van der Waals surface area (Å²) in [6.07, 6.45) is 1.72. The predicted molar refractivity (Wildman–Crippen MR) is 148 cm³/mol. The molecule has 206 valence electrons. The van der Waals surface area contributed by atoms with Crippen LogP contribution in [0.1, 0.15) is 43.7 Å². The Bertz CT molecular complexity index is 1150. The fraction of sp³-hybridized carbons (Fsp3) is 0.517. The van der Waals surface area contributed by atoms with E-state index in [1.54, 1.807) is 9.80 Å². The van der Waals surface area contributed by atoms with E-state index in [9.17, 15) is 19.8 Å². The number of nitrogens with one attached hydrogen (secondary N) is 1. The number of nitrogen functional groups attached to an aromatic ring is 1. The second-order valence-corrected chi connectivity index (χ2v) is 10.9. The largest absolute Gasteiger partial charge is 0.398 e. The molecule has 0 radical (unpaired) electrons. The molecule has 2 saturated heterocycles. The van der Waals surface area contributed by atoms with Crippen molar-refractivity contribution in [2.75, 3.05) is 38.5 Å². The third kappa shape index (κ3) is 5.95. The molecule has 0 bridgehead atoms. The smallest absolute Gasteiger partial charge is 0.320 e. The average Bonchev–Trinajstić information content (AvgIpc) is 3.23. The molecular formula is C29H41N5O4. The van der Waals surface area contributed by atoms with Crippen LogP contribution in [0.15, 0.2) is 42.5 Å². The van der Waals surface area contributed by atoms with Crippen LogP contribution in [0.5, 0.6) is 0 Å². The lowest BCUT2D eigenvalue weighted by Gasteiger charge is -2.44. The van der Waals surface area contributed by atoms with Gasteiger partial charge in [-0.05, 0) is 49.8 Å². The van der Waals surface area contributed by atoms with Gasteiger partial charge in [0.05, 0.1) is 11.7 Å². The fourth-order valence-corrected chi connectivity index (χ4v) is 5.94. The molecule has 4 rings (SSSR count). The Morgan fingerprint density at radius 3 is 2.58 bits per heavy atom. The van der Waals surface area contributed by atoms with E-state index in [4.69, 9.17) is 11.5 Å². The molecule has 9 heteroatoms. The molecule has 3 amide bonds. The van der Waals surface area contributed by atoms with Gasteiger partial charge in [0.2, 0.25) is 5.91 Å². The van der Waals surface area contributed by atoms with Gasteiger partial charge in [-0.25, -0.2) is 4.79 Å². The molecule has 2 aliphatic heterocycles. The van der Waals surface area contributed by atoms with Gasteiger partial charge in [-0.3, -0.25) is 4.79 Å². The Balaban J connectivity index is 1.68. The first-order valence-corrected chi connectivity index (χ1v) is 13.5. The second kappa shape index (κ2) is 11.7. The summed E-state index contributed by atoms with van der Waals surface area (Å²) in [5, 5.41) is 25.5. The van der Waals surface area contributed by atoms with Crippen molar-refractivity contribution in [2.24, 2.45) is 11.7 Å². The van der Waals surface area contributed by atoms with E-state index < -0.39 is 17.7 Å². The number of nitrogens with zero attached hydrogens (tertiary/aromatic N) is 2. The number of amides is 3. The molecule has 4 atom stereocenters. The molecule has 0 aliphatic carbocycles. The summed E-state index contributed by atoms with van der Waals surface area (Å²) in [5.41, 5.74) is 15.3. The summed E-state index contributed by atoms with van der Waals surface area (Å²) in [5.74, 6) is -0.359. The van der Waals surface area contributed by atoms with Gasteiger partial charge in [0.15, 0.2) is 0 Å². The highest BCUT2D eigenvalue weighted by atomic mass is 16.3. The van der Waals surface area contributed by atoms with Crippen LogP contribution in [0.2, 0.25) is 0 Å².